The van der Waals surface area contributed by atoms with Gasteiger partial charge in [0.05, 0.1) is 11.7 Å². The molecular formula is C25H23FN4O4. The van der Waals surface area contributed by atoms with Gasteiger partial charge in [-0.1, -0.05) is 31.2 Å². The van der Waals surface area contributed by atoms with Crippen LogP contribution in [0.25, 0.3) is 0 Å². The van der Waals surface area contributed by atoms with Gasteiger partial charge in [0.1, 0.15) is 19.3 Å². The van der Waals surface area contributed by atoms with Crippen molar-refractivity contribution in [2.24, 2.45) is 0 Å². The SMILES string of the molecule is CC[C@H]1/C=C/COc2c(F)cccc2[C@@H](c2ccccn2)N2CN1C(=O)c1c(O)c(=O)ccn12. The van der Waals surface area contributed by atoms with E-state index in [4.69, 9.17) is 4.74 Å². The molecule has 2 bridgehead atoms. The molecule has 0 unspecified atom stereocenters. The van der Waals surface area contributed by atoms with Gasteiger partial charge >= 0.3 is 0 Å². The van der Waals surface area contributed by atoms with Gasteiger partial charge in [0.15, 0.2) is 23.0 Å². The van der Waals surface area contributed by atoms with Crippen LogP contribution >= 0.6 is 0 Å². The second kappa shape index (κ2) is 8.66. The first-order chi connectivity index (χ1) is 16.5. The number of fused-ring (bicyclic) bond motifs is 5. The van der Waals surface area contributed by atoms with Gasteiger partial charge in [0.25, 0.3) is 5.91 Å². The number of aromatic hydroxyl groups is 1. The summed E-state index contributed by atoms with van der Waals surface area (Å²) in [5.74, 6) is -1.55. The first-order valence-corrected chi connectivity index (χ1v) is 11.0. The molecule has 1 aromatic carbocycles. The van der Waals surface area contributed by atoms with Gasteiger partial charge in [-0.15, -0.1) is 0 Å². The van der Waals surface area contributed by atoms with E-state index in [9.17, 15) is 14.7 Å². The zero-order valence-corrected chi connectivity index (χ0v) is 18.5. The van der Waals surface area contributed by atoms with E-state index >= 15 is 4.39 Å². The zero-order chi connectivity index (χ0) is 23.8. The van der Waals surface area contributed by atoms with Crippen LogP contribution in [-0.4, -0.2) is 44.9 Å². The van der Waals surface area contributed by atoms with Gasteiger partial charge in [0.2, 0.25) is 5.43 Å². The van der Waals surface area contributed by atoms with E-state index in [1.54, 1.807) is 46.4 Å². The molecule has 2 atom stereocenters. The van der Waals surface area contributed by atoms with Crippen LogP contribution in [0.3, 0.4) is 0 Å². The lowest BCUT2D eigenvalue weighted by atomic mass is 10.0. The molecule has 0 saturated heterocycles. The van der Waals surface area contributed by atoms with Crippen molar-refractivity contribution in [2.75, 3.05) is 18.3 Å². The molecule has 1 N–H and O–H groups in total. The molecule has 8 nitrogen and oxygen atoms in total. The number of carbonyl (C=O) groups is 1. The lowest BCUT2D eigenvalue weighted by molar-refractivity contribution is 0.0625. The Balaban J connectivity index is 1.83. The fourth-order valence-corrected chi connectivity index (χ4v) is 4.52. The number of hydrogen-bond acceptors (Lipinski definition) is 6. The second-order valence-electron chi connectivity index (χ2n) is 8.11. The molecule has 9 heteroatoms. The van der Waals surface area contributed by atoms with Gasteiger partial charge in [-0.2, -0.15) is 0 Å². The third kappa shape index (κ3) is 3.49. The molecule has 0 radical (unpaired) electrons. The summed E-state index contributed by atoms with van der Waals surface area (Å²) in [5.41, 5.74) is 0.278. The number of aromatic nitrogens is 2. The predicted molar refractivity (Wildman–Crippen MR) is 123 cm³/mol. The van der Waals surface area contributed by atoms with Crippen molar-refractivity contribution in [1.82, 2.24) is 14.6 Å². The molecule has 0 saturated carbocycles. The third-order valence-corrected chi connectivity index (χ3v) is 6.15. The summed E-state index contributed by atoms with van der Waals surface area (Å²) in [6.45, 7) is 2.15. The Morgan fingerprint density at radius 2 is 2.03 bits per heavy atom. The Morgan fingerprint density at radius 1 is 1.18 bits per heavy atom. The number of hydrogen-bond donors (Lipinski definition) is 1. The number of para-hydroxylation sites is 1. The molecule has 2 aliphatic rings. The maximum atomic E-state index is 15.0. The van der Waals surface area contributed by atoms with E-state index in [0.717, 1.165) is 0 Å². The molecular weight excluding hydrogens is 439 g/mol. The maximum Gasteiger partial charge on any atom is 0.278 e. The molecule has 2 aliphatic heterocycles. The lowest BCUT2D eigenvalue weighted by Gasteiger charge is -2.45. The Morgan fingerprint density at radius 3 is 2.79 bits per heavy atom. The smallest absolute Gasteiger partial charge is 0.278 e. The quantitative estimate of drug-likeness (QED) is 0.590. The van der Waals surface area contributed by atoms with Crippen LogP contribution in [0.15, 0.2) is 71.8 Å². The van der Waals surface area contributed by atoms with Gasteiger partial charge < -0.3 is 14.7 Å². The summed E-state index contributed by atoms with van der Waals surface area (Å²) < 4.78 is 22.3. The zero-order valence-electron chi connectivity index (χ0n) is 18.5. The summed E-state index contributed by atoms with van der Waals surface area (Å²) in [4.78, 5) is 31.9. The highest BCUT2D eigenvalue weighted by molar-refractivity contribution is 5.96. The molecule has 2 aromatic heterocycles. The normalized spacial score (nSPS) is 20.6. The van der Waals surface area contributed by atoms with Crippen LogP contribution in [0, 0.1) is 5.82 Å². The fourth-order valence-electron chi connectivity index (χ4n) is 4.52. The van der Waals surface area contributed by atoms with Crippen molar-refractivity contribution in [3.8, 4) is 11.5 Å². The molecule has 0 aliphatic carbocycles. The van der Waals surface area contributed by atoms with E-state index in [-0.39, 0.29) is 30.8 Å². The molecule has 0 spiro atoms. The summed E-state index contributed by atoms with van der Waals surface area (Å²) in [7, 11) is 0. The third-order valence-electron chi connectivity index (χ3n) is 6.15. The molecule has 174 valence electrons. The second-order valence-corrected chi connectivity index (χ2v) is 8.11. The van der Waals surface area contributed by atoms with E-state index < -0.39 is 28.9 Å². The Bertz CT molecular complexity index is 1320. The number of rotatable bonds is 2. The van der Waals surface area contributed by atoms with Crippen LogP contribution in [0.2, 0.25) is 0 Å². The van der Waals surface area contributed by atoms with E-state index in [1.807, 2.05) is 19.1 Å². The van der Waals surface area contributed by atoms with Crippen molar-refractivity contribution >= 4 is 5.91 Å². The first kappa shape index (κ1) is 21.7. The van der Waals surface area contributed by atoms with Crippen LogP contribution < -0.4 is 15.2 Å². The van der Waals surface area contributed by atoms with Gasteiger partial charge in [-0.05, 0) is 30.7 Å². The lowest BCUT2D eigenvalue weighted by Crippen LogP contribution is -2.57. The number of nitrogens with zero attached hydrogens (tertiary/aromatic N) is 4. The molecule has 3 aromatic rings. The van der Waals surface area contributed by atoms with Crippen LogP contribution in [0.4, 0.5) is 4.39 Å². The highest BCUT2D eigenvalue weighted by Gasteiger charge is 2.40. The molecule has 34 heavy (non-hydrogen) atoms. The van der Waals surface area contributed by atoms with E-state index in [1.165, 1.54) is 23.0 Å². The molecule has 0 fully saturated rings. The first-order valence-electron chi connectivity index (χ1n) is 11.0. The average molecular weight is 462 g/mol. The summed E-state index contributed by atoms with van der Waals surface area (Å²) in [6, 6.07) is 10.2. The number of ether oxygens (including phenoxy) is 1. The number of halogens is 1. The highest BCUT2D eigenvalue weighted by Crippen LogP contribution is 2.38. The Hall–Kier alpha value is -4.14. The number of amides is 1. The monoisotopic (exact) mass is 462 g/mol. The van der Waals surface area contributed by atoms with E-state index in [0.29, 0.717) is 17.7 Å². The summed E-state index contributed by atoms with van der Waals surface area (Å²) in [5, 5.41) is 12.4. The molecule has 1 amide bonds. The Labute approximate surface area is 195 Å². The van der Waals surface area contributed by atoms with Crippen LogP contribution in [0.5, 0.6) is 11.5 Å². The van der Waals surface area contributed by atoms with Crippen LogP contribution in [0.1, 0.15) is 41.1 Å². The van der Waals surface area contributed by atoms with Crippen molar-refractivity contribution in [2.45, 2.75) is 25.4 Å². The minimum absolute atomic E-state index is 0.0769. The van der Waals surface area contributed by atoms with Gasteiger partial charge in [-0.25, -0.2) is 4.39 Å². The van der Waals surface area contributed by atoms with Crippen molar-refractivity contribution in [3.63, 3.8) is 0 Å². The number of carbonyl (C=O) groups excluding carboxylic acids is 1. The number of benzene rings is 1. The number of pyridine rings is 2. The van der Waals surface area contributed by atoms with Crippen molar-refractivity contribution in [1.29, 1.82) is 0 Å². The average Bonchev–Trinajstić information content (AvgIpc) is 2.87. The summed E-state index contributed by atoms with van der Waals surface area (Å²) in [6.07, 6.45) is 7.23. The van der Waals surface area contributed by atoms with E-state index in [2.05, 4.69) is 4.98 Å². The minimum atomic E-state index is -0.696. The van der Waals surface area contributed by atoms with Crippen LogP contribution in [-0.2, 0) is 0 Å². The molecule has 5 rings (SSSR count). The van der Waals surface area contributed by atoms with Gasteiger partial charge in [-0.3, -0.25) is 24.3 Å². The molecule has 4 heterocycles. The maximum absolute atomic E-state index is 15.0. The Kier molecular flexibility index (Phi) is 5.53. The minimum Gasteiger partial charge on any atom is -0.502 e. The topological polar surface area (TPSA) is 87.9 Å². The highest BCUT2D eigenvalue weighted by atomic mass is 19.1. The van der Waals surface area contributed by atoms with Gasteiger partial charge in [0, 0.05) is 24.0 Å². The predicted octanol–water partition coefficient (Wildman–Crippen LogP) is 2.96. The fraction of sp³-hybridized carbons (Fsp3) is 0.240. The van der Waals surface area contributed by atoms with Crippen molar-refractivity contribution < 1.29 is 19.0 Å². The van der Waals surface area contributed by atoms with Crippen molar-refractivity contribution in [3.05, 3.63) is 100 Å². The standard InChI is InChI=1S/C25H23FN4O4/c1-2-16-7-6-14-34-24-17(8-5-9-18(24)26)21(19-10-3-4-12-27-19)30-15-28(16)25(33)22-23(32)20(31)11-13-29(22)30/h3-13,16,21,32H,2,14-15H2,1H3/b7-6+/t16-,21-/m0/s1. The summed E-state index contributed by atoms with van der Waals surface area (Å²) >= 11 is 0. The largest absolute Gasteiger partial charge is 0.502 e.